The van der Waals surface area contributed by atoms with Gasteiger partial charge in [-0.25, -0.2) is 0 Å². The Labute approximate surface area is 161 Å². The molecule has 0 unspecified atom stereocenters. The van der Waals surface area contributed by atoms with Gasteiger partial charge in [0.05, 0.1) is 24.7 Å². The first kappa shape index (κ1) is 19.6. The molecule has 2 saturated heterocycles. The van der Waals surface area contributed by atoms with Gasteiger partial charge in [-0.15, -0.1) is 0 Å². The predicted molar refractivity (Wildman–Crippen MR) is 105 cm³/mol. The zero-order valence-electron chi connectivity index (χ0n) is 16.1. The third-order valence-electron chi connectivity index (χ3n) is 5.23. The second kappa shape index (κ2) is 8.67. The Morgan fingerprint density at radius 1 is 1.30 bits per heavy atom. The van der Waals surface area contributed by atoms with Crippen LogP contribution >= 0.6 is 0 Å². The molecule has 2 aliphatic rings. The highest BCUT2D eigenvalue weighted by molar-refractivity contribution is 5.85. The summed E-state index contributed by atoms with van der Waals surface area (Å²) in [5, 5.41) is 6.04. The van der Waals surface area contributed by atoms with Crippen LogP contribution in [0.1, 0.15) is 25.8 Å². The summed E-state index contributed by atoms with van der Waals surface area (Å²) in [5.41, 5.74) is 0.705. The molecule has 146 valence electrons. The van der Waals surface area contributed by atoms with E-state index in [1.54, 1.807) is 0 Å². The minimum absolute atomic E-state index is 0.0207. The van der Waals surface area contributed by atoms with E-state index in [-0.39, 0.29) is 23.9 Å². The van der Waals surface area contributed by atoms with Gasteiger partial charge in [-0.1, -0.05) is 42.5 Å². The van der Waals surface area contributed by atoms with Crippen LogP contribution in [0, 0.1) is 5.41 Å². The molecule has 2 N–H and O–H groups in total. The number of nitrogens with zero attached hydrogens (tertiary/aromatic N) is 1. The van der Waals surface area contributed by atoms with E-state index in [4.69, 9.17) is 4.74 Å². The second-order valence-corrected chi connectivity index (χ2v) is 7.64. The lowest BCUT2D eigenvalue weighted by atomic mass is 9.87. The molecular weight excluding hydrogens is 342 g/mol. The molecule has 0 radical (unpaired) electrons. The van der Waals surface area contributed by atoms with Crippen LogP contribution in [0.25, 0.3) is 6.08 Å². The average Bonchev–Trinajstić information content (AvgIpc) is 3.03. The summed E-state index contributed by atoms with van der Waals surface area (Å²) in [4.78, 5) is 27.1. The molecule has 2 amide bonds. The molecule has 2 atom stereocenters. The van der Waals surface area contributed by atoms with Gasteiger partial charge in [-0.05, 0) is 25.8 Å². The highest BCUT2D eigenvalue weighted by atomic mass is 16.5. The Morgan fingerprint density at radius 3 is 2.67 bits per heavy atom. The molecule has 6 nitrogen and oxygen atoms in total. The van der Waals surface area contributed by atoms with Gasteiger partial charge in [-0.3, -0.25) is 14.5 Å². The van der Waals surface area contributed by atoms with E-state index in [0.717, 1.165) is 5.56 Å². The van der Waals surface area contributed by atoms with E-state index >= 15 is 0 Å². The van der Waals surface area contributed by atoms with Crippen molar-refractivity contribution in [3.05, 3.63) is 42.0 Å². The van der Waals surface area contributed by atoms with Crippen LogP contribution in [0.15, 0.2) is 36.4 Å². The van der Waals surface area contributed by atoms with Gasteiger partial charge < -0.3 is 15.4 Å². The fourth-order valence-electron chi connectivity index (χ4n) is 3.56. The smallest absolute Gasteiger partial charge is 0.237 e. The van der Waals surface area contributed by atoms with E-state index in [1.807, 2.05) is 44.2 Å². The topological polar surface area (TPSA) is 70.7 Å². The Balaban J connectivity index is 1.61. The number of benzene rings is 1. The lowest BCUT2D eigenvalue weighted by Gasteiger charge is -2.37. The maximum Gasteiger partial charge on any atom is 0.237 e. The fraction of sp³-hybridized carbons (Fsp3) is 0.524. The van der Waals surface area contributed by atoms with E-state index in [0.29, 0.717) is 39.3 Å². The van der Waals surface area contributed by atoms with Gasteiger partial charge in [0, 0.05) is 25.7 Å². The molecule has 0 spiro atoms. The number of likely N-dealkylation sites (N-methyl/N-ethyl adjacent to an activating group) is 1. The molecule has 27 heavy (non-hydrogen) atoms. The molecule has 2 aliphatic heterocycles. The van der Waals surface area contributed by atoms with Gasteiger partial charge in [0.25, 0.3) is 0 Å². The van der Waals surface area contributed by atoms with Gasteiger partial charge >= 0.3 is 0 Å². The maximum absolute atomic E-state index is 12.5. The zero-order valence-corrected chi connectivity index (χ0v) is 16.1. The summed E-state index contributed by atoms with van der Waals surface area (Å²) in [5.74, 6) is 0.0515. The van der Waals surface area contributed by atoms with Crippen LogP contribution < -0.4 is 10.6 Å². The van der Waals surface area contributed by atoms with Crippen molar-refractivity contribution >= 4 is 17.9 Å². The highest BCUT2D eigenvalue weighted by Gasteiger charge is 2.44. The quantitative estimate of drug-likeness (QED) is 0.761. The molecule has 2 heterocycles. The summed E-state index contributed by atoms with van der Waals surface area (Å²) >= 11 is 0. The number of carbonyl (C=O) groups excluding carboxylic acids is 2. The fourth-order valence-corrected chi connectivity index (χ4v) is 3.56. The predicted octanol–water partition coefficient (Wildman–Crippen LogP) is 1.43. The van der Waals surface area contributed by atoms with E-state index in [2.05, 4.69) is 27.7 Å². The van der Waals surface area contributed by atoms with Crippen molar-refractivity contribution in [1.29, 1.82) is 0 Å². The first-order chi connectivity index (χ1) is 13.0. The van der Waals surface area contributed by atoms with Crippen molar-refractivity contribution in [3.63, 3.8) is 0 Å². The van der Waals surface area contributed by atoms with E-state index < -0.39 is 5.41 Å². The third kappa shape index (κ3) is 4.76. The molecule has 2 fully saturated rings. The summed E-state index contributed by atoms with van der Waals surface area (Å²) in [6, 6.07) is 9.85. The second-order valence-electron chi connectivity index (χ2n) is 7.64. The largest absolute Gasteiger partial charge is 0.379 e. The number of amides is 2. The maximum atomic E-state index is 12.5. The Kier molecular flexibility index (Phi) is 6.29. The summed E-state index contributed by atoms with van der Waals surface area (Å²) in [7, 11) is 0. The number of ether oxygens (including phenoxy) is 1. The number of rotatable bonds is 7. The number of likely N-dealkylation sites (tertiary alicyclic amines) is 1. The summed E-state index contributed by atoms with van der Waals surface area (Å²) < 4.78 is 5.19. The average molecular weight is 371 g/mol. The standard InChI is InChI=1S/C21H29N3O3/c1-3-22-19(25)18-12-17(23-20(26)21(2)14-27-15-21)13-24(18)11-7-10-16-8-5-4-6-9-16/h4-10,17-18H,3,11-15H2,1-2H3,(H,22,25)(H,23,26)/b10-7+/t17-,18+/m1/s1. The molecule has 1 aromatic carbocycles. The normalized spacial score (nSPS) is 24.5. The number of carbonyl (C=O) groups is 2. The summed E-state index contributed by atoms with van der Waals surface area (Å²) in [6.45, 7) is 6.72. The van der Waals surface area contributed by atoms with Crippen molar-refractivity contribution < 1.29 is 14.3 Å². The van der Waals surface area contributed by atoms with Gasteiger partial charge in [0.1, 0.15) is 0 Å². The first-order valence-corrected chi connectivity index (χ1v) is 9.64. The van der Waals surface area contributed by atoms with Crippen molar-refractivity contribution in [3.8, 4) is 0 Å². The zero-order chi connectivity index (χ0) is 19.3. The molecular formula is C21H29N3O3. The molecule has 0 aliphatic carbocycles. The molecule has 0 bridgehead atoms. The van der Waals surface area contributed by atoms with Gasteiger partial charge in [-0.2, -0.15) is 0 Å². The lowest BCUT2D eigenvalue weighted by molar-refractivity contribution is -0.158. The van der Waals surface area contributed by atoms with Crippen molar-refractivity contribution in [2.24, 2.45) is 5.41 Å². The molecule has 1 aromatic rings. The number of nitrogens with one attached hydrogen (secondary N) is 2. The molecule has 0 saturated carbocycles. The van der Waals surface area contributed by atoms with Crippen LogP contribution in [0.4, 0.5) is 0 Å². The Bertz CT molecular complexity index is 685. The van der Waals surface area contributed by atoms with Crippen molar-refractivity contribution in [2.45, 2.75) is 32.4 Å². The van der Waals surface area contributed by atoms with E-state index in [1.165, 1.54) is 0 Å². The van der Waals surface area contributed by atoms with Crippen LogP contribution in [-0.2, 0) is 14.3 Å². The highest BCUT2D eigenvalue weighted by Crippen LogP contribution is 2.28. The van der Waals surface area contributed by atoms with Crippen LogP contribution in [-0.4, -0.2) is 61.6 Å². The monoisotopic (exact) mass is 371 g/mol. The lowest BCUT2D eigenvalue weighted by Crippen LogP contribution is -2.54. The molecule has 0 aromatic heterocycles. The third-order valence-corrected chi connectivity index (χ3v) is 5.23. The Morgan fingerprint density at radius 2 is 2.04 bits per heavy atom. The van der Waals surface area contributed by atoms with Crippen LogP contribution in [0.2, 0.25) is 0 Å². The first-order valence-electron chi connectivity index (χ1n) is 9.64. The van der Waals surface area contributed by atoms with Gasteiger partial charge in [0.15, 0.2) is 0 Å². The van der Waals surface area contributed by atoms with Crippen molar-refractivity contribution in [2.75, 3.05) is 32.8 Å². The number of hydrogen-bond acceptors (Lipinski definition) is 4. The van der Waals surface area contributed by atoms with Crippen molar-refractivity contribution in [1.82, 2.24) is 15.5 Å². The number of hydrogen-bond donors (Lipinski definition) is 2. The minimum atomic E-state index is -0.429. The van der Waals surface area contributed by atoms with Gasteiger partial charge in [0.2, 0.25) is 11.8 Å². The van der Waals surface area contributed by atoms with Crippen LogP contribution in [0.3, 0.4) is 0 Å². The Hall–Kier alpha value is -2.18. The van der Waals surface area contributed by atoms with Crippen LogP contribution in [0.5, 0.6) is 0 Å². The molecule has 6 heteroatoms. The molecule has 3 rings (SSSR count). The SMILES string of the molecule is CCNC(=O)[C@@H]1C[C@@H](NC(=O)C2(C)COC2)CN1C/C=C/c1ccccc1. The summed E-state index contributed by atoms with van der Waals surface area (Å²) in [6.07, 6.45) is 4.77. The minimum Gasteiger partial charge on any atom is -0.379 e. The van der Waals surface area contributed by atoms with E-state index in [9.17, 15) is 9.59 Å².